The van der Waals surface area contributed by atoms with Gasteiger partial charge in [0.05, 0.1) is 17.6 Å². The minimum Gasteiger partial charge on any atom is -0.330 e. The molecule has 22 heavy (non-hydrogen) atoms. The maximum Gasteiger partial charge on any atom is 0.191 e. The second-order valence-electron chi connectivity index (χ2n) is 5.34. The largest absolute Gasteiger partial charge is 0.330 e. The van der Waals surface area contributed by atoms with Crippen LogP contribution < -0.4 is 10.7 Å². The molecule has 1 aromatic carbocycles. The molecule has 1 aliphatic carbocycles. The average molecular weight is 310 g/mol. The highest BCUT2D eigenvalue weighted by Gasteiger charge is 2.11. The highest BCUT2D eigenvalue weighted by atomic mass is 32.1. The van der Waals surface area contributed by atoms with E-state index in [9.17, 15) is 0 Å². The van der Waals surface area contributed by atoms with Gasteiger partial charge in [0.1, 0.15) is 0 Å². The Labute approximate surface area is 135 Å². The lowest BCUT2D eigenvalue weighted by Gasteiger charge is -2.08. The minimum absolute atomic E-state index is 0.452. The van der Waals surface area contributed by atoms with Gasteiger partial charge in [-0.3, -0.25) is 10.4 Å². The Kier molecular flexibility index (Phi) is 4.44. The molecule has 3 rings (SSSR count). The molecular formula is C17H18N4S. The fraction of sp³-hybridized carbons (Fsp3) is 0.235. The number of anilines is 1. The summed E-state index contributed by atoms with van der Waals surface area (Å²) in [7, 11) is 0. The standard InChI is InChI=1S/C17H18N4S/c1-12(14-8-7-13-4-2-5-15(13)10-14)20-21-17(22)19-16-6-3-9-18-11-16/h3,6-11H,2,4-5H2,1H3,(H2,19,21,22)/b20-12+. The van der Waals surface area contributed by atoms with Crippen LogP contribution in [0.3, 0.4) is 0 Å². The molecule has 0 aliphatic heterocycles. The van der Waals surface area contributed by atoms with Crippen LogP contribution in [0.15, 0.2) is 47.8 Å². The summed E-state index contributed by atoms with van der Waals surface area (Å²) >= 11 is 5.23. The molecule has 0 bridgehead atoms. The zero-order valence-electron chi connectivity index (χ0n) is 12.5. The number of thiocarbonyl (C=S) groups is 1. The van der Waals surface area contributed by atoms with Crippen molar-refractivity contribution < 1.29 is 0 Å². The Morgan fingerprint density at radius 3 is 2.91 bits per heavy atom. The Hall–Kier alpha value is -2.27. The number of rotatable bonds is 3. The Bertz CT molecular complexity index is 710. The first-order chi connectivity index (χ1) is 10.7. The molecule has 0 amide bonds. The van der Waals surface area contributed by atoms with Crippen molar-refractivity contribution in [2.75, 3.05) is 5.32 Å². The van der Waals surface area contributed by atoms with Crippen molar-refractivity contribution in [2.45, 2.75) is 26.2 Å². The summed E-state index contributed by atoms with van der Waals surface area (Å²) in [6.07, 6.45) is 7.06. The summed E-state index contributed by atoms with van der Waals surface area (Å²) in [6.45, 7) is 1.98. The molecule has 0 unspecified atom stereocenters. The number of hydrogen-bond acceptors (Lipinski definition) is 3. The highest BCUT2D eigenvalue weighted by molar-refractivity contribution is 7.80. The Balaban J connectivity index is 1.63. The highest BCUT2D eigenvalue weighted by Crippen LogP contribution is 2.23. The molecule has 2 aromatic rings. The number of pyridine rings is 1. The van der Waals surface area contributed by atoms with Crippen LogP contribution in [0.1, 0.15) is 30.0 Å². The van der Waals surface area contributed by atoms with Gasteiger partial charge in [-0.05, 0) is 73.3 Å². The second-order valence-corrected chi connectivity index (χ2v) is 5.75. The second kappa shape index (κ2) is 6.66. The number of aryl methyl sites for hydroxylation is 2. The van der Waals surface area contributed by atoms with E-state index in [2.05, 4.69) is 39.0 Å². The predicted molar refractivity (Wildman–Crippen MR) is 94.3 cm³/mol. The van der Waals surface area contributed by atoms with Gasteiger partial charge in [0, 0.05) is 6.20 Å². The third kappa shape index (κ3) is 3.49. The molecule has 2 N–H and O–H groups in total. The van der Waals surface area contributed by atoms with Crippen molar-refractivity contribution in [3.8, 4) is 0 Å². The van der Waals surface area contributed by atoms with Crippen molar-refractivity contribution in [3.05, 3.63) is 59.4 Å². The molecule has 0 spiro atoms. The van der Waals surface area contributed by atoms with Gasteiger partial charge in [0.25, 0.3) is 0 Å². The van der Waals surface area contributed by atoms with E-state index in [1.165, 1.54) is 30.4 Å². The summed E-state index contributed by atoms with van der Waals surface area (Å²) in [5, 5.41) is 7.85. The van der Waals surface area contributed by atoms with Crippen LogP contribution in [0.4, 0.5) is 5.69 Å². The molecule has 0 atom stereocenters. The average Bonchev–Trinajstić information content (AvgIpc) is 3.01. The molecule has 4 nitrogen and oxygen atoms in total. The number of hydrogen-bond donors (Lipinski definition) is 2. The quantitative estimate of drug-likeness (QED) is 0.519. The summed E-state index contributed by atoms with van der Waals surface area (Å²) in [5.41, 5.74) is 8.69. The minimum atomic E-state index is 0.452. The molecule has 0 saturated carbocycles. The fourth-order valence-corrected chi connectivity index (χ4v) is 2.76. The third-order valence-electron chi connectivity index (χ3n) is 3.76. The maximum atomic E-state index is 5.23. The van der Waals surface area contributed by atoms with Crippen LogP contribution in [0, 0.1) is 0 Å². The molecule has 1 heterocycles. The van der Waals surface area contributed by atoms with Gasteiger partial charge in [-0.25, -0.2) is 0 Å². The molecule has 112 valence electrons. The summed E-state index contributed by atoms with van der Waals surface area (Å²) < 4.78 is 0. The van der Waals surface area contributed by atoms with E-state index in [1.807, 2.05) is 19.1 Å². The van der Waals surface area contributed by atoms with E-state index in [1.54, 1.807) is 12.4 Å². The topological polar surface area (TPSA) is 49.3 Å². The SMILES string of the molecule is C/C(=N\NC(=S)Nc1cccnc1)c1ccc2c(c1)CCC2. The van der Waals surface area contributed by atoms with Crippen LogP contribution >= 0.6 is 12.2 Å². The molecule has 0 radical (unpaired) electrons. The number of hydrazone groups is 1. The van der Waals surface area contributed by atoms with Crippen molar-refractivity contribution >= 4 is 28.7 Å². The van der Waals surface area contributed by atoms with Gasteiger partial charge in [-0.15, -0.1) is 0 Å². The normalized spacial score (nSPS) is 13.6. The first kappa shape index (κ1) is 14.7. The summed E-state index contributed by atoms with van der Waals surface area (Å²) in [4.78, 5) is 4.03. The lowest BCUT2D eigenvalue weighted by atomic mass is 10.0. The molecule has 0 fully saturated rings. The molecule has 0 saturated heterocycles. The van der Waals surface area contributed by atoms with Crippen LogP contribution in [-0.4, -0.2) is 15.8 Å². The van der Waals surface area contributed by atoms with E-state index < -0.39 is 0 Å². The molecule has 5 heteroatoms. The first-order valence-corrected chi connectivity index (χ1v) is 7.77. The summed E-state index contributed by atoms with van der Waals surface area (Å²) in [6, 6.07) is 10.3. The number of nitrogens with one attached hydrogen (secondary N) is 2. The van der Waals surface area contributed by atoms with Crippen molar-refractivity contribution in [3.63, 3.8) is 0 Å². The van der Waals surface area contributed by atoms with Gasteiger partial charge < -0.3 is 5.32 Å². The lowest BCUT2D eigenvalue weighted by Crippen LogP contribution is -2.25. The smallest absolute Gasteiger partial charge is 0.191 e. The van der Waals surface area contributed by atoms with Crippen LogP contribution in [0.2, 0.25) is 0 Å². The molecular weight excluding hydrogens is 292 g/mol. The number of nitrogens with zero attached hydrogens (tertiary/aromatic N) is 2. The zero-order valence-corrected chi connectivity index (χ0v) is 13.3. The van der Waals surface area contributed by atoms with Gasteiger partial charge in [0.15, 0.2) is 5.11 Å². The zero-order chi connectivity index (χ0) is 15.4. The van der Waals surface area contributed by atoms with E-state index >= 15 is 0 Å². The Morgan fingerprint density at radius 1 is 1.23 bits per heavy atom. The van der Waals surface area contributed by atoms with Gasteiger partial charge in [-0.2, -0.15) is 5.10 Å². The van der Waals surface area contributed by atoms with Crippen LogP contribution in [0.5, 0.6) is 0 Å². The number of benzene rings is 1. The molecule has 1 aliphatic rings. The van der Waals surface area contributed by atoms with E-state index in [0.29, 0.717) is 5.11 Å². The van der Waals surface area contributed by atoms with Gasteiger partial charge in [-0.1, -0.05) is 12.1 Å². The number of fused-ring (bicyclic) bond motifs is 1. The molecule has 1 aromatic heterocycles. The van der Waals surface area contributed by atoms with Crippen molar-refractivity contribution in [2.24, 2.45) is 5.10 Å². The van der Waals surface area contributed by atoms with E-state index in [-0.39, 0.29) is 0 Å². The Morgan fingerprint density at radius 2 is 2.09 bits per heavy atom. The first-order valence-electron chi connectivity index (χ1n) is 7.36. The number of aromatic nitrogens is 1. The third-order valence-corrected chi connectivity index (χ3v) is 3.95. The van der Waals surface area contributed by atoms with E-state index in [4.69, 9.17) is 12.2 Å². The van der Waals surface area contributed by atoms with Gasteiger partial charge in [0.2, 0.25) is 0 Å². The summed E-state index contributed by atoms with van der Waals surface area (Å²) in [5.74, 6) is 0. The predicted octanol–water partition coefficient (Wildman–Crippen LogP) is 3.28. The van der Waals surface area contributed by atoms with E-state index in [0.717, 1.165) is 17.0 Å². The fourth-order valence-electron chi connectivity index (χ4n) is 2.59. The van der Waals surface area contributed by atoms with Gasteiger partial charge >= 0.3 is 0 Å². The van der Waals surface area contributed by atoms with Crippen molar-refractivity contribution in [1.82, 2.24) is 10.4 Å². The maximum absolute atomic E-state index is 5.23. The lowest BCUT2D eigenvalue weighted by molar-refractivity contribution is 0.911. The monoisotopic (exact) mass is 310 g/mol. The van der Waals surface area contributed by atoms with Crippen LogP contribution in [-0.2, 0) is 12.8 Å². The van der Waals surface area contributed by atoms with Crippen LogP contribution in [0.25, 0.3) is 0 Å². The van der Waals surface area contributed by atoms with Crippen molar-refractivity contribution in [1.29, 1.82) is 0 Å².